The summed E-state index contributed by atoms with van der Waals surface area (Å²) in [6.45, 7) is 4.06. The summed E-state index contributed by atoms with van der Waals surface area (Å²) in [6.07, 6.45) is 0. The standard InChI is InChI=1S/C14H14N2/c1-10-6-4-5-7-13(10)14-8-12(9-15)11(2)16(14)3/h4-8H,1-3H3. The summed E-state index contributed by atoms with van der Waals surface area (Å²) in [7, 11) is 2.00. The molecule has 0 N–H and O–H groups in total. The average molecular weight is 210 g/mol. The van der Waals surface area contributed by atoms with E-state index in [0.717, 1.165) is 17.0 Å². The molecule has 0 spiro atoms. The highest BCUT2D eigenvalue weighted by Crippen LogP contribution is 2.26. The Bertz CT molecular complexity index is 571. The summed E-state index contributed by atoms with van der Waals surface area (Å²) >= 11 is 0. The van der Waals surface area contributed by atoms with Gasteiger partial charge >= 0.3 is 0 Å². The minimum Gasteiger partial charge on any atom is -0.347 e. The van der Waals surface area contributed by atoms with Gasteiger partial charge in [-0.05, 0) is 25.5 Å². The molecule has 0 unspecified atom stereocenters. The Labute approximate surface area is 95.8 Å². The molecule has 2 heteroatoms. The molecule has 80 valence electrons. The fourth-order valence-corrected chi connectivity index (χ4v) is 1.93. The van der Waals surface area contributed by atoms with E-state index >= 15 is 0 Å². The third kappa shape index (κ3) is 1.51. The molecule has 0 fully saturated rings. The van der Waals surface area contributed by atoms with Gasteiger partial charge in [0, 0.05) is 24.0 Å². The summed E-state index contributed by atoms with van der Waals surface area (Å²) in [4.78, 5) is 0. The van der Waals surface area contributed by atoms with Crippen LogP contribution in [0.25, 0.3) is 11.3 Å². The van der Waals surface area contributed by atoms with E-state index in [1.807, 2.05) is 32.2 Å². The van der Waals surface area contributed by atoms with Crippen molar-refractivity contribution in [2.75, 3.05) is 0 Å². The SMILES string of the molecule is Cc1ccccc1-c1cc(C#N)c(C)n1C. The van der Waals surface area contributed by atoms with Crippen LogP contribution in [-0.2, 0) is 7.05 Å². The van der Waals surface area contributed by atoms with Crippen LogP contribution >= 0.6 is 0 Å². The lowest BCUT2D eigenvalue weighted by molar-refractivity contribution is 0.888. The van der Waals surface area contributed by atoms with Crippen LogP contribution < -0.4 is 0 Å². The minimum absolute atomic E-state index is 0.751. The Morgan fingerprint density at radius 3 is 2.44 bits per heavy atom. The maximum absolute atomic E-state index is 9.01. The van der Waals surface area contributed by atoms with Crippen molar-refractivity contribution in [2.45, 2.75) is 13.8 Å². The summed E-state index contributed by atoms with van der Waals surface area (Å²) in [5.41, 5.74) is 5.29. The van der Waals surface area contributed by atoms with Crippen molar-refractivity contribution >= 4 is 0 Å². The Hall–Kier alpha value is -2.01. The second kappa shape index (κ2) is 3.86. The molecule has 16 heavy (non-hydrogen) atoms. The lowest BCUT2D eigenvalue weighted by Gasteiger charge is -2.07. The van der Waals surface area contributed by atoms with E-state index in [1.54, 1.807) is 0 Å². The van der Waals surface area contributed by atoms with Gasteiger partial charge in [0.2, 0.25) is 0 Å². The largest absolute Gasteiger partial charge is 0.347 e. The predicted octanol–water partition coefficient (Wildman–Crippen LogP) is 3.18. The van der Waals surface area contributed by atoms with Gasteiger partial charge in [-0.2, -0.15) is 5.26 Å². The molecule has 1 aromatic carbocycles. The van der Waals surface area contributed by atoms with Gasteiger partial charge in [0.1, 0.15) is 6.07 Å². The van der Waals surface area contributed by atoms with Crippen LogP contribution in [-0.4, -0.2) is 4.57 Å². The highest BCUT2D eigenvalue weighted by atomic mass is 15.0. The molecule has 0 radical (unpaired) electrons. The second-order valence-corrected chi connectivity index (χ2v) is 4.01. The molecule has 2 rings (SSSR count). The quantitative estimate of drug-likeness (QED) is 0.710. The molecular weight excluding hydrogens is 196 g/mol. The molecule has 0 saturated heterocycles. The Morgan fingerprint density at radius 1 is 1.19 bits per heavy atom. The van der Waals surface area contributed by atoms with E-state index in [2.05, 4.69) is 29.7 Å². The first-order valence-corrected chi connectivity index (χ1v) is 5.27. The van der Waals surface area contributed by atoms with Gasteiger partial charge in [-0.15, -0.1) is 0 Å². The molecule has 0 bridgehead atoms. The smallest absolute Gasteiger partial charge is 0.101 e. The molecule has 1 heterocycles. The summed E-state index contributed by atoms with van der Waals surface area (Å²) in [6, 6.07) is 12.4. The van der Waals surface area contributed by atoms with Crippen LogP contribution in [0.15, 0.2) is 30.3 Å². The number of nitrogens with zero attached hydrogens (tertiary/aromatic N) is 2. The van der Waals surface area contributed by atoms with Gasteiger partial charge in [0.25, 0.3) is 0 Å². The van der Waals surface area contributed by atoms with Crippen LogP contribution in [0.1, 0.15) is 16.8 Å². The van der Waals surface area contributed by atoms with Gasteiger partial charge < -0.3 is 4.57 Å². The summed E-state index contributed by atoms with van der Waals surface area (Å²) < 4.78 is 2.07. The minimum atomic E-state index is 0.751. The topological polar surface area (TPSA) is 28.7 Å². The Kier molecular flexibility index (Phi) is 2.54. The first-order valence-electron chi connectivity index (χ1n) is 5.27. The zero-order chi connectivity index (χ0) is 11.7. The predicted molar refractivity (Wildman–Crippen MR) is 65.0 cm³/mol. The molecule has 0 atom stereocenters. The second-order valence-electron chi connectivity index (χ2n) is 4.01. The number of nitriles is 1. The molecule has 0 aliphatic rings. The monoisotopic (exact) mass is 210 g/mol. The van der Waals surface area contributed by atoms with Gasteiger partial charge in [-0.25, -0.2) is 0 Å². The van der Waals surface area contributed by atoms with Crippen molar-refractivity contribution in [1.29, 1.82) is 5.26 Å². The number of hydrogen-bond acceptors (Lipinski definition) is 1. The van der Waals surface area contributed by atoms with Crippen LogP contribution in [0.5, 0.6) is 0 Å². The van der Waals surface area contributed by atoms with Crippen molar-refractivity contribution in [3.8, 4) is 17.3 Å². The average Bonchev–Trinajstić information content (AvgIpc) is 2.57. The van der Waals surface area contributed by atoms with Crippen molar-refractivity contribution < 1.29 is 0 Å². The summed E-state index contributed by atoms with van der Waals surface area (Å²) in [5, 5.41) is 9.01. The molecule has 0 aliphatic carbocycles. The van der Waals surface area contributed by atoms with E-state index in [1.165, 1.54) is 11.1 Å². The molecular formula is C14H14N2. The number of hydrogen-bond donors (Lipinski definition) is 0. The molecule has 0 aliphatic heterocycles. The fraction of sp³-hybridized carbons (Fsp3) is 0.214. The lowest BCUT2D eigenvalue weighted by Crippen LogP contribution is -1.95. The molecule has 1 aromatic heterocycles. The molecule has 0 amide bonds. The molecule has 2 aromatic rings. The van der Waals surface area contributed by atoms with Gasteiger partial charge in [-0.1, -0.05) is 24.3 Å². The third-order valence-corrected chi connectivity index (χ3v) is 3.08. The van der Waals surface area contributed by atoms with Crippen molar-refractivity contribution in [3.63, 3.8) is 0 Å². The van der Waals surface area contributed by atoms with E-state index in [9.17, 15) is 0 Å². The molecule has 0 saturated carbocycles. The Balaban J connectivity index is 2.67. The lowest BCUT2D eigenvalue weighted by atomic mass is 10.1. The van der Waals surface area contributed by atoms with E-state index in [4.69, 9.17) is 5.26 Å². The number of rotatable bonds is 1. The Morgan fingerprint density at radius 2 is 1.88 bits per heavy atom. The van der Waals surface area contributed by atoms with Crippen LogP contribution in [0, 0.1) is 25.2 Å². The highest BCUT2D eigenvalue weighted by Gasteiger charge is 2.11. The van der Waals surface area contributed by atoms with Crippen molar-refractivity contribution in [2.24, 2.45) is 7.05 Å². The first-order chi connectivity index (χ1) is 7.65. The normalized spacial score (nSPS) is 10.1. The molecule has 2 nitrogen and oxygen atoms in total. The van der Waals surface area contributed by atoms with Gasteiger partial charge in [-0.3, -0.25) is 0 Å². The maximum Gasteiger partial charge on any atom is 0.101 e. The fourth-order valence-electron chi connectivity index (χ4n) is 1.93. The van der Waals surface area contributed by atoms with Crippen LogP contribution in [0.3, 0.4) is 0 Å². The van der Waals surface area contributed by atoms with E-state index in [-0.39, 0.29) is 0 Å². The van der Waals surface area contributed by atoms with E-state index < -0.39 is 0 Å². The zero-order valence-electron chi connectivity index (χ0n) is 9.78. The zero-order valence-corrected chi connectivity index (χ0v) is 9.78. The van der Waals surface area contributed by atoms with Gasteiger partial charge in [0.15, 0.2) is 0 Å². The first kappa shape index (κ1) is 10.5. The van der Waals surface area contributed by atoms with E-state index in [0.29, 0.717) is 0 Å². The number of benzene rings is 1. The van der Waals surface area contributed by atoms with Crippen LogP contribution in [0.4, 0.5) is 0 Å². The highest BCUT2D eigenvalue weighted by molar-refractivity contribution is 5.67. The number of aryl methyl sites for hydroxylation is 1. The van der Waals surface area contributed by atoms with Crippen LogP contribution in [0.2, 0.25) is 0 Å². The maximum atomic E-state index is 9.01. The van der Waals surface area contributed by atoms with Gasteiger partial charge in [0.05, 0.1) is 5.56 Å². The van der Waals surface area contributed by atoms with Crippen molar-refractivity contribution in [3.05, 3.63) is 47.2 Å². The third-order valence-electron chi connectivity index (χ3n) is 3.08. The number of aromatic nitrogens is 1. The summed E-state index contributed by atoms with van der Waals surface area (Å²) in [5.74, 6) is 0. The van der Waals surface area contributed by atoms with Crippen molar-refractivity contribution in [1.82, 2.24) is 4.57 Å².